The van der Waals surface area contributed by atoms with E-state index in [0.717, 1.165) is 101 Å². The second kappa shape index (κ2) is 19.7. The van der Waals surface area contributed by atoms with E-state index in [2.05, 4.69) is 328 Å². The molecule has 8 aromatic rings. The van der Waals surface area contributed by atoms with Crippen molar-refractivity contribution in [3.63, 3.8) is 0 Å². The summed E-state index contributed by atoms with van der Waals surface area (Å²) < 4.78 is 8.66. The molecule has 2 aliphatic rings. The van der Waals surface area contributed by atoms with E-state index < -0.39 is 22.4 Å². The summed E-state index contributed by atoms with van der Waals surface area (Å²) in [5, 5.41) is 8.99. The van der Waals surface area contributed by atoms with Crippen molar-refractivity contribution in [2.24, 2.45) is 9.98 Å². The van der Waals surface area contributed by atoms with Gasteiger partial charge in [-0.05, 0) is 70.8 Å². The largest absolute Gasteiger partial charge is 0.267 e. The van der Waals surface area contributed by atoms with Crippen molar-refractivity contribution >= 4 is 171 Å². The van der Waals surface area contributed by atoms with Crippen molar-refractivity contribution in [3.8, 4) is 0 Å². The average Bonchev–Trinajstić information content (AvgIpc) is 3.87. The van der Waals surface area contributed by atoms with Gasteiger partial charge in [-0.25, -0.2) is 0 Å². The molecule has 2 aliphatic heterocycles. The first-order valence-corrected chi connectivity index (χ1v) is 28.9. The zero-order chi connectivity index (χ0) is 47.6. The molecule has 4 nitrogen and oxygen atoms in total. The molecule has 0 amide bonds. The highest BCUT2D eigenvalue weighted by molar-refractivity contribution is 9.12. The third-order valence-electron chi connectivity index (χ3n) is 12.4. The number of nitrogens with zero attached hydrogens (tertiary/aromatic N) is 2. The Morgan fingerprint density at radius 1 is 0.309 bits per heavy atom. The quantitative estimate of drug-likeness (QED) is 0.151. The number of rotatable bonds is 9. The van der Waals surface area contributed by atoms with Crippen LogP contribution in [0.1, 0.15) is 44.5 Å². The van der Waals surface area contributed by atoms with Crippen LogP contribution < -0.4 is 10.6 Å². The summed E-state index contributed by atoms with van der Waals surface area (Å²) in [6.07, 6.45) is 0. The first-order valence-electron chi connectivity index (χ1n) is 21.0. The predicted octanol–water partition coefficient (Wildman–Crippen LogP) is 18.4. The van der Waals surface area contributed by atoms with Gasteiger partial charge in [0.2, 0.25) is 0 Å². The maximum Gasteiger partial charge on any atom is 0.182 e. The van der Waals surface area contributed by atoms with Crippen molar-refractivity contribution in [1.82, 2.24) is 10.6 Å². The molecule has 0 spiro atoms. The number of aliphatic imine (C=N–C) groups is 2. The highest BCUT2D eigenvalue weighted by Gasteiger charge is 2.70. The molecule has 10 rings (SSSR count). The second-order valence-corrected chi connectivity index (χ2v) is 25.1. The molecular formula is C54H32Br10N4. The normalized spacial score (nSPS) is 22.3. The fraction of sp³-hybridized carbons (Fsp3) is 0.0741. The topological polar surface area (TPSA) is 48.8 Å². The predicted molar refractivity (Wildman–Crippen MR) is 313 cm³/mol. The molecule has 0 radical (unpaired) electrons. The minimum atomic E-state index is -1.53. The Kier molecular flexibility index (Phi) is 14.3. The molecule has 8 aromatic carbocycles. The van der Waals surface area contributed by atoms with Crippen molar-refractivity contribution in [2.45, 2.75) is 22.4 Å². The molecule has 4 atom stereocenters. The molecule has 14 heteroatoms. The number of benzene rings is 8. The molecule has 0 bridgehead atoms. The van der Waals surface area contributed by atoms with Crippen molar-refractivity contribution in [2.75, 3.05) is 0 Å². The fourth-order valence-corrected chi connectivity index (χ4v) is 18.1. The van der Waals surface area contributed by atoms with Crippen molar-refractivity contribution < 1.29 is 0 Å². The lowest BCUT2D eigenvalue weighted by molar-refractivity contribution is 0.125. The number of nitrogens with one attached hydrogen (secondary N) is 2. The summed E-state index contributed by atoms with van der Waals surface area (Å²) in [4.78, 5) is 12.7. The summed E-state index contributed by atoms with van der Waals surface area (Å²) in [6.45, 7) is 0. The molecule has 0 saturated carbocycles. The smallest absolute Gasteiger partial charge is 0.182 e. The van der Waals surface area contributed by atoms with Crippen LogP contribution in [0.5, 0.6) is 0 Å². The maximum atomic E-state index is 6.37. The van der Waals surface area contributed by atoms with Gasteiger partial charge in [0.25, 0.3) is 0 Å². The summed E-state index contributed by atoms with van der Waals surface area (Å²) in [5.41, 5.74) is 3.41. The van der Waals surface area contributed by atoms with Crippen LogP contribution >= 0.6 is 159 Å². The molecule has 2 heterocycles. The van der Waals surface area contributed by atoms with E-state index in [1.54, 1.807) is 0 Å². The van der Waals surface area contributed by atoms with Crippen LogP contribution in [0.3, 0.4) is 0 Å². The molecule has 4 unspecified atom stereocenters. The Hall–Kier alpha value is -2.18. The van der Waals surface area contributed by atoms with Crippen LogP contribution in [-0.2, 0) is 22.4 Å². The summed E-state index contributed by atoms with van der Waals surface area (Å²) in [6, 6.07) is 63.0. The van der Waals surface area contributed by atoms with Gasteiger partial charge in [0.05, 0.1) is 11.4 Å². The van der Waals surface area contributed by atoms with Crippen LogP contribution in [-0.4, -0.2) is 11.4 Å². The van der Waals surface area contributed by atoms with Crippen molar-refractivity contribution in [1.29, 1.82) is 0 Å². The maximum absolute atomic E-state index is 6.37. The first kappa shape index (κ1) is 49.4. The Balaban J connectivity index is 1.47. The number of hydrogen-bond donors (Lipinski definition) is 2. The van der Waals surface area contributed by atoms with Gasteiger partial charge in [0, 0.05) is 67.0 Å². The van der Waals surface area contributed by atoms with Gasteiger partial charge in [-0.2, -0.15) is 0 Å². The minimum absolute atomic E-state index is 0.775. The average molecular weight is 1540 g/mol. The lowest BCUT2D eigenvalue weighted by atomic mass is 9.74. The second-order valence-electron chi connectivity index (χ2n) is 16.3. The van der Waals surface area contributed by atoms with Gasteiger partial charge >= 0.3 is 0 Å². The van der Waals surface area contributed by atoms with Gasteiger partial charge in [-0.1, -0.05) is 293 Å². The third kappa shape index (κ3) is 8.24. The van der Waals surface area contributed by atoms with Gasteiger partial charge < -0.3 is 0 Å². The van der Waals surface area contributed by atoms with Crippen molar-refractivity contribution in [3.05, 3.63) is 271 Å². The standard InChI is InChI=1S/C54H32Br10N4/c55-35-21-23-39(41(59)25-35)53(65-49(31-13-5-1-6-14-31)51(67-53,33-17-9-3-10-18-33)47-43(61)27-37(57)28-44(47)62)54(40-24-22-36(56)26-42(40)60)66-50(32-15-7-2-8-16-32)52(68-54,34-19-11-4-12-20-34)48-45(63)29-38(58)30-46(48)64/h1-30,67-68H. The van der Waals surface area contributed by atoms with Gasteiger partial charge in [0.1, 0.15) is 11.1 Å². The van der Waals surface area contributed by atoms with E-state index in [1.807, 2.05) is 24.3 Å². The fourth-order valence-electron chi connectivity index (χ4n) is 9.77. The highest BCUT2D eigenvalue weighted by Crippen LogP contribution is 2.61. The Labute approximate surface area is 479 Å². The van der Waals surface area contributed by atoms with Gasteiger partial charge in [-0.3, -0.25) is 20.6 Å². The monoisotopic (exact) mass is 1530 g/mol. The van der Waals surface area contributed by atoms with E-state index in [9.17, 15) is 0 Å². The van der Waals surface area contributed by atoms with Crippen LogP contribution in [0.25, 0.3) is 0 Å². The Bertz CT molecular complexity index is 3050. The van der Waals surface area contributed by atoms with E-state index in [0.29, 0.717) is 0 Å². The molecule has 0 fully saturated rings. The first-order chi connectivity index (χ1) is 32.7. The SMILES string of the molecule is Brc1ccc(C2(C3(c4ccc(Br)cc4Br)N=C(c4ccccc4)C(c4ccccc4)(c4c(Br)cc(Br)cc4Br)N3)N=C(c3ccccc3)C(c3ccccc3)(c3c(Br)cc(Br)cc3Br)N2)c(Br)c1. The lowest BCUT2D eigenvalue weighted by Crippen LogP contribution is -2.66. The van der Waals surface area contributed by atoms with Crippen LogP contribution in [0.4, 0.5) is 0 Å². The summed E-state index contributed by atoms with van der Waals surface area (Å²) >= 11 is 40.1. The van der Waals surface area contributed by atoms with E-state index in [1.165, 1.54) is 0 Å². The Morgan fingerprint density at radius 3 is 0.912 bits per heavy atom. The van der Waals surface area contributed by atoms with E-state index in [4.69, 9.17) is 9.98 Å². The molecule has 2 N–H and O–H groups in total. The van der Waals surface area contributed by atoms with Gasteiger partial charge in [-0.15, -0.1) is 0 Å². The Morgan fingerprint density at radius 2 is 0.603 bits per heavy atom. The molecule has 0 aliphatic carbocycles. The number of hydrogen-bond acceptors (Lipinski definition) is 4. The molecule has 338 valence electrons. The molecule has 68 heavy (non-hydrogen) atoms. The van der Waals surface area contributed by atoms with E-state index in [-0.39, 0.29) is 0 Å². The molecule has 0 aromatic heterocycles. The zero-order valence-electron chi connectivity index (χ0n) is 35.0. The molecule has 0 saturated heterocycles. The van der Waals surface area contributed by atoms with Crippen LogP contribution in [0.2, 0.25) is 0 Å². The molecular weight excluding hydrogens is 1500 g/mol. The minimum Gasteiger partial charge on any atom is -0.267 e. The third-order valence-corrected chi connectivity index (χ3v) is 18.2. The van der Waals surface area contributed by atoms with E-state index >= 15 is 0 Å². The van der Waals surface area contributed by atoms with Crippen LogP contribution in [0, 0.1) is 0 Å². The summed E-state index contributed by atoms with van der Waals surface area (Å²) in [5.74, 6) is 0. The zero-order valence-corrected chi connectivity index (χ0v) is 50.9. The van der Waals surface area contributed by atoms with Gasteiger partial charge in [0.15, 0.2) is 11.3 Å². The highest BCUT2D eigenvalue weighted by atomic mass is 79.9. The number of halogens is 10. The lowest BCUT2D eigenvalue weighted by Gasteiger charge is -2.49. The van der Waals surface area contributed by atoms with Crippen LogP contribution in [0.15, 0.2) is 237 Å². The summed E-state index contributed by atoms with van der Waals surface area (Å²) in [7, 11) is 0.